The first-order valence-corrected chi connectivity index (χ1v) is 8.59. The molecule has 1 N–H and O–H groups in total. The number of aromatic nitrogens is 1. The Morgan fingerprint density at radius 3 is 2.71 bits per heavy atom. The molecule has 0 fully saturated rings. The molecule has 106 valence electrons. The van der Waals surface area contributed by atoms with Gasteiger partial charge in [0.25, 0.3) is 5.91 Å². The van der Waals surface area contributed by atoms with E-state index in [0.29, 0.717) is 15.7 Å². The average Bonchev–Trinajstić information content (AvgIpc) is 2.88. The minimum atomic E-state index is -0.184. The maximum absolute atomic E-state index is 12.1. The van der Waals surface area contributed by atoms with E-state index in [1.165, 1.54) is 16.2 Å². The summed E-state index contributed by atoms with van der Waals surface area (Å²) in [5.41, 5.74) is 1.45. The topological polar surface area (TPSA) is 42.0 Å². The summed E-state index contributed by atoms with van der Waals surface area (Å²) in [6.07, 6.45) is 2.03. The Hall–Kier alpha value is -1.56. The quantitative estimate of drug-likeness (QED) is 0.691. The first kappa shape index (κ1) is 14.4. The normalized spacial score (nSPS) is 10.8. The fourth-order valence-corrected chi connectivity index (χ4v) is 3.40. The van der Waals surface area contributed by atoms with Crippen molar-refractivity contribution in [3.63, 3.8) is 0 Å². The summed E-state index contributed by atoms with van der Waals surface area (Å²) in [5, 5.41) is 4.03. The Morgan fingerprint density at radius 2 is 2.00 bits per heavy atom. The SMILES string of the molecule is CSc1ccc2nc(NC(=O)c3ccc(Cl)cc3)sc2c1. The van der Waals surface area contributed by atoms with Gasteiger partial charge in [-0.2, -0.15) is 0 Å². The molecule has 0 aliphatic rings. The Bertz CT molecular complexity index is 799. The molecule has 0 atom stereocenters. The number of nitrogens with zero attached hydrogens (tertiary/aromatic N) is 1. The first-order valence-electron chi connectivity index (χ1n) is 6.17. The van der Waals surface area contributed by atoms with Gasteiger partial charge in [0.05, 0.1) is 10.2 Å². The molecule has 0 aliphatic carbocycles. The molecule has 0 saturated heterocycles. The second-order valence-corrected chi connectivity index (χ2v) is 6.66. The van der Waals surface area contributed by atoms with Crippen molar-refractivity contribution in [1.82, 2.24) is 4.98 Å². The number of hydrogen-bond acceptors (Lipinski definition) is 4. The molecule has 0 saturated carbocycles. The molecule has 1 amide bonds. The average molecular weight is 335 g/mol. The fraction of sp³-hybridized carbons (Fsp3) is 0.0667. The third-order valence-corrected chi connectivity index (χ3v) is 4.83. The van der Waals surface area contributed by atoms with Crippen molar-refractivity contribution in [2.75, 3.05) is 11.6 Å². The Labute approximate surface area is 135 Å². The van der Waals surface area contributed by atoms with Gasteiger partial charge in [0.1, 0.15) is 0 Å². The van der Waals surface area contributed by atoms with Crippen LogP contribution in [0.25, 0.3) is 10.2 Å². The number of thiazole rings is 1. The number of carbonyl (C=O) groups is 1. The number of fused-ring (bicyclic) bond motifs is 1. The first-order chi connectivity index (χ1) is 10.2. The number of nitrogens with one attached hydrogen (secondary N) is 1. The van der Waals surface area contributed by atoms with E-state index < -0.39 is 0 Å². The van der Waals surface area contributed by atoms with Crippen LogP contribution in [0.3, 0.4) is 0 Å². The van der Waals surface area contributed by atoms with Crippen molar-refractivity contribution in [2.45, 2.75) is 4.90 Å². The highest BCUT2D eigenvalue weighted by Crippen LogP contribution is 2.29. The maximum Gasteiger partial charge on any atom is 0.257 e. The molecule has 0 aliphatic heterocycles. The van der Waals surface area contributed by atoms with Crippen molar-refractivity contribution in [1.29, 1.82) is 0 Å². The van der Waals surface area contributed by atoms with Gasteiger partial charge >= 0.3 is 0 Å². The van der Waals surface area contributed by atoms with Gasteiger partial charge in [-0.25, -0.2) is 4.98 Å². The molecular weight excluding hydrogens is 324 g/mol. The summed E-state index contributed by atoms with van der Waals surface area (Å²) in [4.78, 5) is 17.7. The van der Waals surface area contributed by atoms with Crippen LogP contribution in [0.2, 0.25) is 5.02 Å². The monoisotopic (exact) mass is 334 g/mol. The highest BCUT2D eigenvalue weighted by atomic mass is 35.5. The molecule has 0 bridgehead atoms. The van der Waals surface area contributed by atoms with Gasteiger partial charge in [0.15, 0.2) is 5.13 Å². The maximum atomic E-state index is 12.1. The summed E-state index contributed by atoms with van der Waals surface area (Å²) < 4.78 is 1.06. The number of thioether (sulfide) groups is 1. The highest BCUT2D eigenvalue weighted by Gasteiger charge is 2.10. The lowest BCUT2D eigenvalue weighted by Gasteiger charge is -2.01. The van der Waals surface area contributed by atoms with E-state index >= 15 is 0 Å². The smallest absolute Gasteiger partial charge is 0.257 e. The lowest BCUT2D eigenvalue weighted by molar-refractivity contribution is 0.102. The predicted octanol–water partition coefficient (Wildman–Crippen LogP) is 4.92. The molecule has 3 rings (SSSR count). The van der Waals surface area contributed by atoms with Gasteiger partial charge < -0.3 is 0 Å². The Balaban J connectivity index is 1.84. The van der Waals surface area contributed by atoms with Crippen LogP contribution in [-0.2, 0) is 0 Å². The second-order valence-electron chi connectivity index (χ2n) is 4.31. The third-order valence-electron chi connectivity index (χ3n) is 2.92. The number of carbonyl (C=O) groups excluding carboxylic acids is 1. The minimum absolute atomic E-state index is 0.184. The molecule has 6 heteroatoms. The molecule has 0 spiro atoms. The van der Waals surface area contributed by atoms with Crippen molar-refractivity contribution in [2.24, 2.45) is 0 Å². The van der Waals surface area contributed by atoms with Crippen LogP contribution in [0, 0.1) is 0 Å². The van der Waals surface area contributed by atoms with Crippen LogP contribution in [-0.4, -0.2) is 17.1 Å². The largest absolute Gasteiger partial charge is 0.298 e. The molecule has 0 radical (unpaired) electrons. The lowest BCUT2D eigenvalue weighted by Crippen LogP contribution is -2.11. The van der Waals surface area contributed by atoms with E-state index in [0.717, 1.165) is 10.2 Å². The van der Waals surface area contributed by atoms with Gasteiger partial charge in [-0.3, -0.25) is 10.1 Å². The van der Waals surface area contributed by atoms with E-state index in [2.05, 4.69) is 16.4 Å². The van der Waals surface area contributed by atoms with Gasteiger partial charge in [-0.05, 0) is 48.7 Å². The molecular formula is C15H11ClN2OS2. The summed E-state index contributed by atoms with van der Waals surface area (Å²) >= 11 is 8.97. The highest BCUT2D eigenvalue weighted by molar-refractivity contribution is 7.98. The van der Waals surface area contributed by atoms with Crippen molar-refractivity contribution >= 4 is 56.0 Å². The summed E-state index contributed by atoms with van der Waals surface area (Å²) in [6.45, 7) is 0. The Morgan fingerprint density at radius 1 is 1.24 bits per heavy atom. The number of anilines is 1. The third kappa shape index (κ3) is 3.20. The van der Waals surface area contributed by atoms with Gasteiger partial charge in [0.2, 0.25) is 0 Å². The number of rotatable bonds is 3. The van der Waals surface area contributed by atoms with Crippen LogP contribution in [0.5, 0.6) is 0 Å². The van der Waals surface area contributed by atoms with Crippen LogP contribution < -0.4 is 5.32 Å². The van der Waals surface area contributed by atoms with Gasteiger partial charge in [-0.1, -0.05) is 22.9 Å². The van der Waals surface area contributed by atoms with E-state index in [9.17, 15) is 4.79 Å². The molecule has 0 unspecified atom stereocenters. The number of amides is 1. The fourth-order valence-electron chi connectivity index (χ4n) is 1.86. The van der Waals surface area contributed by atoms with Gasteiger partial charge in [0, 0.05) is 15.5 Å². The van der Waals surface area contributed by atoms with E-state index in [4.69, 9.17) is 11.6 Å². The van der Waals surface area contributed by atoms with E-state index in [1.807, 2.05) is 18.4 Å². The van der Waals surface area contributed by atoms with Crippen LogP contribution in [0.1, 0.15) is 10.4 Å². The standard InChI is InChI=1S/C15H11ClN2OS2/c1-20-11-6-7-12-13(8-11)21-15(17-12)18-14(19)9-2-4-10(16)5-3-9/h2-8H,1H3,(H,17,18,19). The van der Waals surface area contributed by atoms with Crippen molar-refractivity contribution in [3.8, 4) is 0 Å². The number of benzene rings is 2. The molecule has 3 nitrogen and oxygen atoms in total. The van der Waals surface area contributed by atoms with Crippen LogP contribution in [0.15, 0.2) is 47.4 Å². The molecule has 1 aromatic heterocycles. The molecule has 1 heterocycles. The van der Waals surface area contributed by atoms with E-state index in [1.54, 1.807) is 36.0 Å². The zero-order valence-corrected chi connectivity index (χ0v) is 13.5. The van der Waals surface area contributed by atoms with Crippen LogP contribution in [0.4, 0.5) is 5.13 Å². The van der Waals surface area contributed by atoms with Crippen LogP contribution >= 0.6 is 34.7 Å². The van der Waals surface area contributed by atoms with Gasteiger partial charge in [-0.15, -0.1) is 11.8 Å². The Kier molecular flexibility index (Phi) is 4.14. The zero-order valence-electron chi connectivity index (χ0n) is 11.1. The number of halogens is 1. The summed E-state index contributed by atoms with van der Waals surface area (Å²) in [5.74, 6) is -0.184. The molecule has 2 aromatic carbocycles. The summed E-state index contributed by atoms with van der Waals surface area (Å²) in [7, 11) is 0. The predicted molar refractivity (Wildman–Crippen MR) is 90.8 cm³/mol. The van der Waals surface area contributed by atoms with Crippen molar-refractivity contribution < 1.29 is 4.79 Å². The van der Waals surface area contributed by atoms with E-state index in [-0.39, 0.29) is 5.91 Å². The zero-order chi connectivity index (χ0) is 14.8. The lowest BCUT2D eigenvalue weighted by atomic mass is 10.2. The summed E-state index contributed by atoms with van der Waals surface area (Å²) in [6, 6.07) is 12.8. The second kappa shape index (κ2) is 6.05. The van der Waals surface area contributed by atoms with Crippen molar-refractivity contribution in [3.05, 3.63) is 53.1 Å². The number of hydrogen-bond donors (Lipinski definition) is 1. The minimum Gasteiger partial charge on any atom is -0.298 e. The molecule has 21 heavy (non-hydrogen) atoms. The molecule has 3 aromatic rings.